The topological polar surface area (TPSA) is 119 Å². The minimum atomic E-state index is -1.69. The van der Waals surface area contributed by atoms with Crippen molar-refractivity contribution in [3.05, 3.63) is 11.6 Å². The number of carbonyl (C=O) groups is 3. The molecular formula is C22H32O8. The number of fused-ring (bicyclic) bond motifs is 3. The van der Waals surface area contributed by atoms with Gasteiger partial charge in [-0.3, -0.25) is 4.79 Å². The average molecular weight is 424 g/mol. The summed E-state index contributed by atoms with van der Waals surface area (Å²) in [5, 5.41) is 22.0. The monoisotopic (exact) mass is 424 g/mol. The summed E-state index contributed by atoms with van der Waals surface area (Å²) >= 11 is 0. The van der Waals surface area contributed by atoms with Gasteiger partial charge in [0.2, 0.25) is 5.60 Å². The zero-order valence-electron chi connectivity index (χ0n) is 18.4. The number of hydrogen-bond acceptors (Lipinski definition) is 8. The lowest BCUT2D eigenvalue weighted by Crippen LogP contribution is -2.67. The number of aliphatic hydroxyl groups is 2. The van der Waals surface area contributed by atoms with Gasteiger partial charge in [-0.25, -0.2) is 9.59 Å². The molecule has 2 aliphatic carbocycles. The first-order valence-corrected chi connectivity index (χ1v) is 10.4. The van der Waals surface area contributed by atoms with Crippen LogP contribution in [0.5, 0.6) is 0 Å². The van der Waals surface area contributed by atoms with Crippen molar-refractivity contribution >= 4 is 17.9 Å². The van der Waals surface area contributed by atoms with E-state index in [1.165, 1.54) is 13.8 Å². The quantitative estimate of drug-likeness (QED) is 0.399. The summed E-state index contributed by atoms with van der Waals surface area (Å²) in [5.74, 6) is -3.37. The van der Waals surface area contributed by atoms with Gasteiger partial charge in [-0.05, 0) is 47.0 Å². The highest BCUT2D eigenvalue weighted by molar-refractivity contribution is 5.92. The Labute approximate surface area is 176 Å². The molecule has 0 amide bonds. The number of ether oxygens (including phenoxy) is 3. The minimum absolute atomic E-state index is 0.210. The minimum Gasteiger partial charge on any atom is -0.462 e. The first kappa shape index (κ1) is 22.7. The third-order valence-corrected chi connectivity index (χ3v) is 7.45. The number of aliphatic hydroxyl groups excluding tert-OH is 1. The lowest BCUT2D eigenvalue weighted by Gasteiger charge is -2.59. The molecule has 0 aromatic carbocycles. The first-order chi connectivity index (χ1) is 13.8. The fourth-order valence-electron chi connectivity index (χ4n) is 5.82. The third kappa shape index (κ3) is 3.34. The van der Waals surface area contributed by atoms with Crippen LogP contribution in [0.25, 0.3) is 0 Å². The molecule has 1 heterocycles. The van der Waals surface area contributed by atoms with Crippen molar-refractivity contribution in [3.63, 3.8) is 0 Å². The fourth-order valence-corrected chi connectivity index (χ4v) is 5.82. The van der Waals surface area contributed by atoms with E-state index in [4.69, 9.17) is 14.2 Å². The summed E-state index contributed by atoms with van der Waals surface area (Å²) in [4.78, 5) is 37.4. The van der Waals surface area contributed by atoms with Crippen molar-refractivity contribution in [1.82, 2.24) is 0 Å². The van der Waals surface area contributed by atoms with Crippen molar-refractivity contribution in [3.8, 4) is 0 Å². The fraction of sp³-hybridized carbons (Fsp3) is 0.773. The highest BCUT2D eigenvalue weighted by Crippen LogP contribution is 2.60. The Bertz CT molecular complexity index is 786. The number of allylic oxidation sites excluding steroid dienone is 1. The second-order valence-electron chi connectivity index (χ2n) is 9.61. The molecule has 168 valence electrons. The van der Waals surface area contributed by atoms with E-state index in [0.717, 1.165) is 0 Å². The van der Waals surface area contributed by atoms with Gasteiger partial charge in [-0.15, -0.1) is 0 Å². The van der Waals surface area contributed by atoms with Crippen LogP contribution < -0.4 is 0 Å². The van der Waals surface area contributed by atoms with Crippen molar-refractivity contribution in [2.75, 3.05) is 0 Å². The molecule has 1 aliphatic heterocycles. The average Bonchev–Trinajstić information content (AvgIpc) is 2.87. The van der Waals surface area contributed by atoms with Crippen LogP contribution in [0.1, 0.15) is 60.8 Å². The highest BCUT2D eigenvalue weighted by Gasteiger charge is 2.72. The number of rotatable bonds is 3. The summed E-state index contributed by atoms with van der Waals surface area (Å²) in [7, 11) is 0. The van der Waals surface area contributed by atoms with Gasteiger partial charge < -0.3 is 24.4 Å². The van der Waals surface area contributed by atoms with E-state index >= 15 is 0 Å². The summed E-state index contributed by atoms with van der Waals surface area (Å²) in [6, 6.07) is 0. The standard InChI is InChI=1S/C22H32O8/c1-7-11(2)18(25)30-22(6)15-13(28-12(3)23)10-20(4)14(24)8-9-21(5,27)17(20)16(15)29-19(22)26/h7,13-17,24,27H,8-10H2,1-6H3. The van der Waals surface area contributed by atoms with Crippen molar-refractivity contribution in [2.45, 2.75) is 90.3 Å². The van der Waals surface area contributed by atoms with Gasteiger partial charge >= 0.3 is 17.9 Å². The van der Waals surface area contributed by atoms with Crippen LogP contribution in [-0.4, -0.2) is 57.6 Å². The van der Waals surface area contributed by atoms with Gasteiger partial charge in [0.05, 0.1) is 17.6 Å². The van der Waals surface area contributed by atoms with E-state index in [2.05, 4.69) is 0 Å². The molecule has 2 saturated carbocycles. The zero-order valence-corrected chi connectivity index (χ0v) is 18.4. The summed E-state index contributed by atoms with van der Waals surface area (Å²) in [6.07, 6.45) is 0.0313. The van der Waals surface area contributed by atoms with Gasteiger partial charge in [-0.2, -0.15) is 0 Å². The maximum absolute atomic E-state index is 13.0. The van der Waals surface area contributed by atoms with Gasteiger partial charge in [0.1, 0.15) is 12.2 Å². The van der Waals surface area contributed by atoms with Crippen molar-refractivity contribution < 1.29 is 38.8 Å². The van der Waals surface area contributed by atoms with Crippen molar-refractivity contribution in [1.29, 1.82) is 0 Å². The predicted molar refractivity (Wildman–Crippen MR) is 105 cm³/mol. The van der Waals surface area contributed by atoms with E-state index in [0.29, 0.717) is 18.4 Å². The Balaban J connectivity index is 2.10. The predicted octanol–water partition coefficient (Wildman–Crippen LogP) is 1.66. The van der Waals surface area contributed by atoms with E-state index in [-0.39, 0.29) is 6.42 Å². The van der Waals surface area contributed by atoms with Gasteiger partial charge in [-0.1, -0.05) is 13.0 Å². The molecule has 0 radical (unpaired) electrons. The molecule has 0 aromatic heterocycles. The van der Waals surface area contributed by atoms with Crippen molar-refractivity contribution in [2.24, 2.45) is 17.3 Å². The molecule has 0 aromatic rings. The SMILES string of the molecule is CC=C(C)C(=O)OC1(C)C(=O)OC2C1C(OC(C)=O)CC1(C)C(O)CCC(C)(O)C21. The summed E-state index contributed by atoms with van der Waals surface area (Å²) < 4.78 is 16.9. The van der Waals surface area contributed by atoms with E-state index in [9.17, 15) is 24.6 Å². The van der Waals surface area contributed by atoms with Crippen LogP contribution >= 0.6 is 0 Å². The second-order valence-corrected chi connectivity index (χ2v) is 9.61. The molecule has 3 rings (SSSR count). The van der Waals surface area contributed by atoms with Crippen LogP contribution in [0.15, 0.2) is 11.6 Å². The smallest absolute Gasteiger partial charge is 0.351 e. The first-order valence-electron chi connectivity index (χ1n) is 10.4. The zero-order chi connectivity index (χ0) is 22.6. The summed E-state index contributed by atoms with van der Waals surface area (Å²) in [5.41, 5.74) is -3.42. The van der Waals surface area contributed by atoms with E-state index in [1.54, 1.807) is 26.8 Å². The lowest BCUT2D eigenvalue weighted by molar-refractivity contribution is -0.239. The van der Waals surface area contributed by atoms with Crippen LogP contribution in [0.2, 0.25) is 0 Å². The Morgan fingerprint density at radius 1 is 1.23 bits per heavy atom. The molecule has 1 saturated heterocycles. The van der Waals surface area contributed by atoms with Crippen LogP contribution in [-0.2, 0) is 28.6 Å². The number of carbonyl (C=O) groups excluding carboxylic acids is 3. The molecule has 8 unspecified atom stereocenters. The highest BCUT2D eigenvalue weighted by atomic mass is 16.6. The maximum Gasteiger partial charge on any atom is 0.351 e. The Morgan fingerprint density at radius 3 is 2.43 bits per heavy atom. The number of hydrogen-bond donors (Lipinski definition) is 2. The summed E-state index contributed by atoms with van der Waals surface area (Å²) in [6.45, 7) is 9.48. The Morgan fingerprint density at radius 2 is 1.87 bits per heavy atom. The maximum atomic E-state index is 13.0. The van der Waals surface area contributed by atoms with Crippen LogP contribution in [0, 0.1) is 17.3 Å². The largest absolute Gasteiger partial charge is 0.462 e. The molecule has 8 heteroatoms. The van der Waals surface area contributed by atoms with Gasteiger partial charge in [0.25, 0.3) is 0 Å². The second kappa shape index (κ2) is 7.34. The number of esters is 3. The molecule has 0 bridgehead atoms. The van der Waals surface area contributed by atoms with Crippen LogP contribution in [0.4, 0.5) is 0 Å². The van der Waals surface area contributed by atoms with Crippen LogP contribution in [0.3, 0.4) is 0 Å². The normalized spacial score (nSPS) is 45.8. The molecular weight excluding hydrogens is 392 g/mol. The molecule has 8 nitrogen and oxygen atoms in total. The van der Waals surface area contributed by atoms with Gasteiger partial charge in [0, 0.05) is 23.8 Å². The Hall–Kier alpha value is -1.93. The molecule has 3 fully saturated rings. The van der Waals surface area contributed by atoms with E-state index < -0.39 is 64.7 Å². The lowest BCUT2D eigenvalue weighted by atomic mass is 9.49. The molecule has 8 atom stereocenters. The molecule has 3 aliphatic rings. The van der Waals surface area contributed by atoms with Gasteiger partial charge in [0.15, 0.2) is 0 Å². The molecule has 2 N–H and O–H groups in total. The molecule has 30 heavy (non-hydrogen) atoms. The Kier molecular flexibility index (Phi) is 5.56. The third-order valence-electron chi connectivity index (χ3n) is 7.45. The van der Waals surface area contributed by atoms with E-state index in [1.807, 2.05) is 6.92 Å². The molecule has 0 spiro atoms.